The number of nitrogens with zero attached hydrogens (tertiary/aromatic N) is 1. The molecule has 0 radical (unpaired) electrons. The maximum atomic E-state index is 13.0. The van der Waals surface area contributed by atoms with E-state index in [9.17, 15) is 17.6 Å². The SMILES string of the molecule is O=C(O)CCN(C1CC1)S(=O)(=O)c1ccc(F)cc1Br. The highest BCUT2D eigenvalue weighted by Crippen LogP contribution is 2.34. The summed E-state index contributed by atoms with van der Waals surface area (Å²) in [5, 5.41) is 8.71. The molecule has 8 heteroatoms. The minimum atomic E-state index is -3.82. The van der Waals surface area contributed by atoms with E-state index >= 15 is 0 Å². The largest absolute Gasteiger partial charge is 0.481 e. The molecule has 1 fully saturated rings. The van der Waals surface area contributed by atoms with Crippen molar-refractivity contribution >= 4 is 31.9 Å². The van der Waals surface area contributed by atoms with Crippen LogP contribution in [0.4, 0.5) is 4.39 Å². The Hall–Kier alpha value is -0.990. The first-order valence-electron chi connectivity index (χ1n) is 6.01. The topological polar surface area (TPSA) is 74.7 Å². The monoisotopic (exact) mass is 365 g/mol. The number of carboxylic acids is 1. The van der Waals surface area contributed by atoms with Crippen LogP contribution in [-0.2, 0) is 14.8 Å². The minimum Gasteiger partial charge on any atom is -0.481 e. The molecule has 2 rings (SSSR count). The Kier molecular flexibility index (Phi) is 4.46. The van der Waals surface area contributed by atoms with Gasteiger partial charge in [-0.05, 0) is 47.0 Å². The number of sulfonamides is 1. The normalized spacial score (nSPS) is 15.6. The van der Waals surface area contributed by atoms with Gasteiger partial charge in [0.05, 0.1) is 11.3 Å². The van der Waals surface area contributed by atoms with Gasteiger partial charge in [0.15, 0.2) is 0 Å². The third-order valence-electron chi connectivity index (χ3n) is 2.98. The van der Waals surface area contributed by atoms with Gasteiger partial charge in [-0.2, -0.15) is 4.31 Å². The second-order valence-corrected chi connectivity index (χ2v) is 7.28. The summed E-state index contributed by atoms with van der Waals surface area (Å²) in [7, 11) is -3.82. The van der Waals surface area contributed by atoms with Crippen LogP contribution in [0, 0.1) is 5.82 Å². The van der Waals surface area contributed by atoms with Crippen LogP contribution in [0.25, 0.3) is 0 Å². The number of hydrogen-bond donors (Lipinski definition) is 1. The lowest BCUT2D eigenvalue weighted by Crippen LogP contribution is -2.35. The molecule has 0 aliphatic heterocycles. The zero-order chi connectivity index (χ0) is 14.9. The lowest BCUT2D eigenvalue weighted by atomic mass is 10.3. The van der Waals surface area contributed by atoms with E-state index in [4.69, 9.17) is 5.11 Å². The summed E-state index contributed by atoms with van der Waals surface area (Å²) in [5.74, 6) is -1.59. The lowest BCUT2D eigenvalue weighted by molar-refractivity contribution is -0.137. The van der Waals surface area contributed by atoms with E-state index in [2.05, 4.69) is 15.9 Å². The van der Waals surface area contributed by atoms with Gasteiger partial charge in [0.1, 0.15) is 5.82 Å². The van der Waals surface area contributed by atoms with E-state index in [0.717, 1.165) is 25.0 Å². The molecular weight excluding hydrogens is 353 g/mol. The van der Waals surface area contributed by atoms with Crippen molar-refractivity contribution in [3.05, 3.63) is 28.5 Å². The van der Waals surface area contributed by atoms with Gasteiger partial charge < -0.3 is 5.11 Å². The number of aliphatic carboxylic acids is 1. The summed E-state index contributed by atoms with van der Waals surface area (Å²) < 4.78 is 39.5. The van der Waals surface area contributed by atoms with Gasteiger partial charge in [-0.25, -0.2) is 12.8 Å². The van der Waals surface area contributed by atoms with E-state index in [1.54, 1.807) is 0 Å². The van der Waals surface area contributed by atoms with Gasteiger partial charge in [-0.3, -0.25) is 4.79 Å². The Morgan fingerprint density at radius 1 is 1.45 bits per heavy atom. The number of halogens is 2. The number of rotatable bonds is 6. The van der Waals surface area contributed by atoms with Gasteiger partial charge in [-0.15, -0.1) is 0 Å². The first-order valence-corrected chi connectivity index (χ1v) is 8.24. The van der Waals surface area contributed by atoms with E-state index < -0.39 is 21.8 Å². The van der Waals surface area contributed by atoms with Crippen LogP contribution in [0.15, 0.2) is 27.6 Å². The summed E-state index contributed by atoms with van der Waals surface area (Å²) in [5.41, 5.74) is 0. The zero-order valence-corrected chi connectivity index (χ0v) is 12.8. The maximum Gasteiger partial charge on any atom is 0.304 e. The molecule has 0 amide bonds. The van der Waals surface area contributed by atoms with Crippen LogP contribution in [0.3, 0.4) is 0 Å². The number of hydrogen-bond acceptors (Lipinski definition) is 3. The van der Waals surface area contributed by atoms with E-state index in [0.29, 0.717) is 0 Å². The highest BCUT2D eigenvalue weighted by Gasteiger charge is 2.38. The smallest absolute Gasteiger partial charge is 0.304 e. The Balaban J connectivity index is 2.32. The summed E-state index contributed by atoms with van der Waals surface area (Å²) in [6.45, 7) is -0.0772. The predicted octanol–water partition coefficient (Wildman–Crippen LogP) is 2.22. The number of carbonyl (C=O) groups is 1. The Morgan fingerprint density at radius 3 is 2.60 bits per heavy atom. The first kappa shape index (κ1) is 15.4. The fourth-order valence-electron chi connectivity index (χ4n) is 1.88. The van der Waals surface area contributed by atoms with Crippen molar-refractivity contribution in [2.24, 2.45) is 0 Å². The van der Waals surface area contributed by atoms with Gasteiger partial charge in [-0.1, -0.05) is 0 Å². The van der Waals surface area contributed by atoms with Gasteiger partial charge in [0.2, 0.25) is 10.0 Å². The molecule has 0 unspecified atom stereocenters. The van der Waals surface area contributed by atoms with Crippen molar-refractivity contribution in [1.82, 2.24) is 4.31 Å². The number of carboxylic acid groups (broad SMARTS) is 1. The Bertz CT molecular complexity index is 630. The molecule has 1 aliphatic carbocycles. The van der Waals surface area contributed by atoms with Gasteiger partial charge in [0, 0.05) is 17.1 Å². The standard InChI is InChI=1S/C12H13BrFNO4S/c13-10-7-8(14)1-4-11(10)20(18,19)15(9-2-3-9)6-5-12(16)17/h1,4,7,9H,2-3,5-6H2,(H,16,17). The Morgan fingerprint density at radius 2 is 2.10 bits per heavy atom. The molecule has 1 aromatic rings. The number of benzene rings is 1. The average Bonchev–Trinajstić information content (AvgIpc) is 3.12. The molecule has 20 heavy (non-hydrogen) atoms. The molecule has 0 saturated heterocycles. The molecular formula is C12H13BrFNO4S. The summed E-state index contributed by atoms with van der Waals surface area (Å²) in [6.07, 6.45) is 1.18. The third-order valence-corrected chi connectivity index (χ3v) is 5.91. The van der Waals surface area contributed by atoms with Crippen molar-refractivity contribution in [3.63, 3.8) is 0 Å². The van der Waals surface area contributed by atoms with Gasteiger partial charge >= 0.3 is 5.97 Å². The molecule has 0 aromatic heterocycles. The molecule has 1 saturated carbocycles. The third kappa shape index (κ3) is 3.36. The van der Waals surface area contributed by atoms with Crippen LogP contribution in [-0.4, -0.2) is 36.4 Å². The van der Waals surface area contributed by atoms with Gasteiger partial charge in [0.25, 0.3) is 0 Å². The minimum absolute atomic E-state index is 0.0452. The molecule has 5 nitrogen and oxygen atoms in total. The molecule has 0 heterocycles. The van der Waals surface area contributed by atoms with Crippen molar-refractivity contribution in [3.8, 4) is 0 Å². The highest BCUT2D eigenvalue weighted by atomic mass is 79.9. The molecule has 110 valence electrons. The van der Waals surface area contributed by atoms with Crippen LogP contribution < -0.4 is 0 Å². The fourth-order valence-corrected chi connectivity index (χ4v) is 4.58. The Labute approximate surface area is 124 Å². The maximum absolute atomic E-state index is 13.0. The predicted molar refractivity (Wildman–Crippen MR) is 73.3 cm³/mol. The van der Waals surface area contributed by atoms with E-state index in [1.165, 1.54) is 10.4 Å². The van der Waals surface area contributed by atoms with E-state index in [-0.39, 0.29) is 28.4 Å². The fraction of sp³-hybridized carbons (Fsp3) is 0.417. The van der Waals surface area contributed by atoms with Crippen molar-refractivity contribution in [1.29, 1.82) is 0 Å². The van der Waals surface area contributed by atoms with Crippen LogP contribution >= 0.6 is 15.9 Å². The molecule has 0 bridgehead atoms. The quantitative estimate of drug-likeness (QED) is 0.838. The van der Waals surface area contributed by atoms with Crippen molar-refractivity contribution in [2.45, 2.75) is 30.2 Å². The highest BCUT2D eigenvalue weighted by molar-refractivity contribution is 9.10. The molecule has 0 spiro atoms. The first-order chi connectivity index (χ1) is 9.32. The molecule has 1 N–H and O–H groups in total. The van der Waals surface area contributed by atoms with Crippen LogP contribution in [0.1, 0.15) is 19.3 Å². The summed E-state index contributed by atoms with van der Waals surface area (Å²) >= 11 is 3.04. The van der Waals surface area contributed by atoms with Crippen molar-refractivity contribution < 1.29 is 22.7 Å². The summed E-state index contributed by atoms with van der Waals surface area (Å²) in [6, 6.07) is 3.18. The second-order valence-electron chi connectivity index (χ2n) is 4.57. The van der Waals surface area contributed by atoms with Crippen LogP contribution in [0.5, 0.6) is 0 Å². The summed E-state index contributed by atoms with van der Waals surface area (Å²) in [4.78, 5) is 10.6. The van der Waals surface area contributed by atoms with Crippen LogP contribution in [0.2, 0.25) is 0 Å². The zero-order valence-electron chi connectivity index (χ0n) is 10.4. The average molecular weight is 366 g/mol. The lowest BCUT2D eigenvalue weighted by Gasteiger charge is -2.21. The van der Waals surface area contributed by atoms with E-state index in [1.807, 2.05) is 0 Å². The second kappa shape index (κ2) is 5.79. The molecule has 1 aliphatic rings. The molecule has 1 aromatic carbocycles. The molecule has 0 atom stereocenters. The van der Waals surface area contributed by atoms with Crippen molar-refractivity contribution in [2.75, 3.05) is 6.54 Å².